The highest BCUT2D eigenvalue weighted by molar-refractivity contribution is 7.80. The van der Waals surface area contributed by atoms with E-state index in [1.54, 1.807) is 12.5 Å². The molecule has 7 nitrogen and oxygen atoms in total. The molecule has 1 fully saturated rings. The van der Waals surface area contributed by atoms with Crippen molar-refractivity contribution in [3.63, 3.8) is 0 Å². The average Bonchev–Trinajstić information content (AvgIpc) is 3.60. The highest BCUT2D eigenvalue weighted by Gasteiger charge is 2.42. The fourth-order valence-corrected chi connectivity index (χ4v) is 5.48. The number of carbonyl (C=O) groups excluding carboxylic acids is 1. The number of hydrogen-bond acceptors (Lipinski definition) is 4. The van der Waals surface area contributed by atoms with Crippen molar-refractivity contribution in [2.24, 2.45) is 5.92 Å². The van der Waals surface area contributed by atoms with E-state index in [-0.39, 0.29) is 23.9 Å². The lowest BCUT2D eigenvalue weighted by Gasteiger charge is -2.28. The average molecular weight is 548 g/mol. The minimum Gasteiger partial charge on any atom is -0.467 e. The normalized spacial score (nSPS) is 17.2. The predicted octanol–water partition coefficient (Wildman–Crippen LogP) is 6.57. The zero-order valence-corrected chi connectivity index (χ0v) is 23.3. The van der Waals surface area contributed by atoms with Crippen molar-refractivity contribution in [1.29, 1.82) is 0 Å². The zero-order valence-electron chi connectivity index (χ0n) is 21.7. The third-order valence-electron chi connectivity index (χ3n) is 6.94. The molecule has 2 N–H and O–H groups in total. The van der Waals surface area contributed by atoms with Crippen LogP contribution in [0.25, 0.3) is 0 Å². The third kappa shape index (κ3) is 4.93. The number of rotatable bonds is 7. The summed E-state index contributed by atoms with van der Waals surface area (Å²) in [5.74, 6) is 0.651. The highest BCUT2D eigenvalue weighted by Crippen LogP contribution is 2.44. The summed E-state index contributed by atoms with van der Waals surface area (Å²) >= 11 is 12.5. The lowest BCUT2D eigenvalue weighted by molar-refractivity contribution is -0.118. The van der Waals surface area contributed by atoms with Gasteiger partial charge in [-0.15, -0.1) is 0 Å². The van der Waals surface area contributed by atoms with E-state index in [1.807, 2.05) is 62.4 Å². The number of aryl methyl sites for hydroxylation is 1. The van der Waals surface area contributed by atoms with Crippen molar-refractivity contribution >= 4 is 46.2 Å². The maximum atomic E-state index is 12.3. The van der Waals surface area contributed by atoms with Crippen LogP contribution in [0.15, 0.2) is 71.5 Å². The second kappa shape index (κ2) is 10.6. The van der Waals surface area contributed by atoms with Crippen LogP contribution in [-0.2, 0) is 11.3 Å². The Bertz CT molecular complexity index is 1470. The predicted molar refractivity (Wildman–Crippen MR) is 155 cm³/mol. The smallest absolute Gasteiger partial charge is 0.226 e. The fourth-order valence-electron chi connectivity index (χ4n) is 4.91. The molecule has 0 bridgehead atoms. The molecule has 5 rings (SSSR count). The Morgan fingerprint density at radius 2 is 2.00 bits per heavy atom. The molecule has 2 atom stereocenters. The summed E-state index contributed by atoms with van der Waals surface area (Å²) in [6.45, 7) is 8.55. The summed E-state index contributed by atoms with van der Waals surface area (Å²) in [6, 6.07) is 17.2. The maximum absolute atomic E-state index is 12.3. The molecule has 1 aliphatic heterocycles. The number of furan rings is 1. The Morgan fingerprint density at radius 1 is 1.18 bits per heavy atom. The van der Waals surface area contributed by atoms with E-state index in [0.29, 0.717) is 22.4 Å². The Balaban J connectivity index is 1.58. The first-order valence-corrected chi connectivity index (χ1v) is 13.3. The first kappa shape index (κ1) is 26.0. The summed E-state index contributed by atoms with van der Waals surface area (Å²) in [5.41, 5.74) is 5.66. The van der Waals surface area contributed by atoms with E-state index in [2.05, 4.69) is 45.0 Å². The molecule has 4 heterocycles. The minimum absolute atomic E-state index is 0.0879. The maximum Gasteiger partial charge on any atom is 0.226 e. The van der Waals surface area contributed by atoms with Crippen LogP contribution in [0.3, 0.4) is 0 Å². The molecule has 196 valence electrons. The van der Waals surface area contributed by atoms with Crippen LogP contribution in [0.2, 0.25) is 5.02 Å². The van der Waals surface area contributed by atoms with E-state index in [4.69, 9.17) is 28.2 Å². The number of aromatic nitrogens is 2. The van der Waals surface area contributed by atoms with Gasteiger partial charge in [0, 0.05) is 29.2 Å². The largest absolute Gasteiger partial charge is 0.467 e. The van der Waals surface area contributed by atoms with Crippen LogP contribution in [-0.4, -0.2) is 20.6 Å². The number of nitrogens with one attached hydrogen (secondary N) is 2. The van der Waals surface area contributed by atoms with Gasteiger partial charge in [-0.3, -0.25) is 9.78 Å². The van der Waals surface area contributed by atoms with Crippen LogP contribution in [0, 0.1) is 19.8 Å². The molecule has 1 aromatic carbocycles. The monoisotopic (exact) mass is 547 g/mol. The van der Waals surface area contributed by atoms with Crippen molar-refractivity contribution < 1.29 is 9.21 Å². The Hall–Kier alpha value is -3.62. The number of pyridine rings is 1. The summed E-state index contributed by atoms with van der Waals surface area (Å²) in [4.78, 5) is 19.0. The van der Waals surface area contributed by atoms with Crippen molar-refractivity contribution in [3.8, 4) is 0 Å². The van der Waals surface area contributed by atoms with Gasteiger partial charge in [0.25, 0.3) is 0 Å². The van der Waals surface area contributed by atoms with Crippen LogP contribution in [0.1, 0.15) is 54.3 Å². The van der Waals surface area contributed by atoms with Crippen LogP contribution in [0.4, 0.5) is 11.4 Å². The number of carbonyl (C=O) groups is 1. The van der Waals surface area contributed by atoms with Crippen LogP contribution in [0.5, 0.6) is 0 Å². The second-order valence-corrected chi connectivity index (χ2v) is 10.6. The van der Waals surface area contributed by atoms with Crippen molar-refractivity contribution in [2.45, 2.75) is 46.3 Å². The van der Waals surface area contributed by atoms with Crippen LogP contribution < -0.4 is 15.5 Å². The molecular formula is C29H30ClN5O2S. The summed E-state index contributed by atoms with van der Waals surface area (Å²) in [7, 11) is 0. The molecule has 0 spiro atoms. The number of benzene rings is 1. The number of thiocarbonyl (C=S) groups is 1. The molecule has 1 saturated heterocycles. The van der Waals surface area contributed by atoms with Crippen molar-refractivity contribution in [3.05, 3.63) is 100 Å². The molecule has 0 aliphatic carbocycles. The van der Waals surface area contributed by atoms with Crippen molar-refractivity contribution in [2.75, 3.05) is 10.2 Å². The Kier molecular flexibility index (Phi) is 7.27. The zero-order chi connectivity index (χ0) is 27.0. The van der Waals surface area contributed by atoms with Gasteiger partial charge in [-0.2, -0.15) is 0 Å². The van der Waals surface area contributed by atoms with Gasteiger partial charge >= 0.3 is 0 Å². The van der Waals surface area contributed by atoms with Gasteiger partial charge in [0.2, 0.25) is 5.91 Å². The number of anilines is 2. The Labute approximate surface area is 232 Å². The molecule has 38 heavy (non-hydrogen) atoms. The first-order valence-electron chi connectivity index (χ1n) is 12.5. The minimum atomic E-state index is -0.180. The van der Waals surface area contributed by atoms with E-state index in [9.17, 15) is 4.79 Å². The quantitative estimate of drug-likeness (QED) is 0.255. The summed E-state index contributed by atoms with van der Waals surface area (Å²) in [6.07, 6.45) is 3.49. The Morgan fingerprint density at radius 3 is 2.66 bits per heavy atom. The van der Waals surface area contributed by atoms with Crippen molar-refractivity contribution in [1.82, 2.24) is 14.9 Å². The molecule has 4 aromatic rings. The van der Waals surface area contributed by atoms with Gasteiger partial charge in [-0.1, -0.05) is 31.5 Å². The van der Waals surface area contributed by atoms with E-state index < -0.39 is 0 Å². The second-order valence-electron chi connectivity index (χ2n) is 9.80. The molecule has 0 radical (unpaired) electrons. The van der Waals surface area contributed by atoms with E-state index >= 15 is 0 Å². The number of hydrogen-bond donors (Lipinski definition) is 2. The molecule has 3 aromatic heterocycles. The fraction of sp³-hybridized carbons (Fsp3) is 0.276. The van der Waals surface area contributed by atoms with Gasteiger partial charge in [-0.25, -0.2) is 0 Å². The molecule has 0 unspecified atom stereocenters. The van der Waals surface area contributed by atoms with Gasteiger partial charge in [-0.05, 0) is 80.2 Å². The first-order chi connectivity index (χ1) is 18.2. The van der Waals surface area contributed by atoms with Gasteiger partial charge < -0.3 is 24.5 Å². The standard InChI is InChI=1S/C29H30ClN5O2S/c1-17(2)28(36)32-24-11-10-20(15-23(24)30)35-27(26(33-29(35)38)25-9-5-6-12-31-25)22-14-18(3)34(19(22)4)16-21-8-7-13-37-21/h5-15,17,26-27H,16H2,1-4H3,(H,32,36)(H,33,38)/t26-,27-/m1/s1. The van der Waals surface area contributed by atoms with Gasteiger partial charge in [0.15, 0.2) is 5.11 Å². The number of nitrogens with zero attached hydrogens (tertiary/aromatic N) is 3. The summed E-state index contributed by atoms with van der Waals surface area (Å²) < 4.78 is 7.88. The molecule has 0 saturated carbocycles. The van der Waals surface area contributed by atoms with Gasteiger partial charge in [0.1, 0.15) is 5.76 Å². The van der Waals surface area contributed by atoms with Crippen LogP contribution >= 0.6 is 23.8 Å². The molecule has 1 amide bonds. The van der Waals surface area contributed by atoms with E-state index in [1.165, 1.54) is 0 Å². The third-order valence-corrected chi connectivity index (χ3v) is 7.56. The van der Waals surface area contributed by atoms with E-state index in [0.717, 1.165) is 34.1 Å². The lowest BCUT2D eigenvalue weighted by Crippen LogP contribution is -2.29. The molecular weight excluding hydrogens is 518 g/mol. The topological polar surface area (TPSA) is 75.3 Å². The SMILES string of the molecule is Cc1cc([C@@H]2[C@@H](c3ccccn3)NC(=S)N2c2ccc(NC(=O)C(C)C)c(Cl)c2)c(C)n1Cc1ccco1. The van der Waals surface area contributed by atoms with Gasteiger partial charge in [0.05, 0.1) is 41.3 Å². The molecule has 1 aliphatic rings. The number of halogens is 1. The number of amides is 1. The summed E-state index contributed by atoms with van der Waals surface area (Å²) in [5, 5.41) is 7.43. The lowest BCUT2D eigenvalue weighted by atomic mass is 9.96. The molecule has 9 heteroatoms. The highest BCUT2D eigenvalue weighted by atomic mass is 35.5.